The van der Waals surface area contributed by atoms with Gasteiger partial charge in [-0.15, -0.1) is 0 Å². The minimum absolute atomic E-state index is 0.507. The van der Waals surface area contributed by atoms with Crippen LogP contribution in [-0.4, -0.2) is 19.2 Å². The van der Waals surface area contributed by atoms with Crippen LogP contribution in [0.25, 0.3) is 0 Å². The third-order valence-corrected chi connectivity index (χ3v) is 3.35. The lowest BCUT2D eigenvalue weighted by molar-refractivity contribution is 0.317. The van der Waals surface area contributed by atoms with Gasteiger partial charge < -0.3 is 10.1 Å². The maximum absolute atomic E-state index is 5.60. The van der Waals surface area contributed by atoms with Gasteiger partial charge in [-0.25, -0.2) is 0 Å². The van der Waals surface area contributed by atoms with Crippen LogP contribution >= 0.6 is 0 Å². The van der Waals surface area contributed by atoms with E-state index in [1.54, 1.807) is 0 Å². The van der Waals surface area contributed by atoms with Crippen LogP contribution in [0.15, 0.2) is 24.3 Å². The molecule has 0 aromatic heterocycles. The van der Waals surface area contributed by atoms with Crippen LogP contribution in [0.2, 0.25) is 0 Å². The SMILES string of the molecule is CCCNC(C)C(C)c1ccc(OCCC)cc1. The molecule has 1 rings (SSSR count). The van der Waals surface area contributed by atoms with Crippen LogP contribution in [0.1, 0.15) is 52.0 Å². The van der Waals surface area contributed by atoms with E-state index < -0.39 is 0 Å². The molecule has 0 saturated heterocycles. The van der Waals surface area contributed by atoms with E-state index in [1.165, 1.54) is 12.0 Å². The number of hydrogen-bond donors (Lipinski definition) is 1. The summed E-state index contributed by atoms with van der Waals surface area (Å²) >= 11 is 0. The number of rotatable bonds is 8. The molecular formula is C16H27NO. The molecule has 0 fully saturated rings. The molecule has 0 aliphatic rings. The predicted molar refractivity (Wildman–Crippen MR) is 78.4 cm³/mol. The third kappa shape index (κ3) is 4.69. The van der Waals surface area contributed by atoms with Crippen molar-refractivity contribution < 1.29 is 4.74 Å². The quantitative estimate of drug-likeness (QED) is 0.753. The molecule has 2 heteroatoms. The van der Waals surface area contributed by atoms with Crippen molar-refractivity contribution in [3.05, 3.63) is 29.8 Å². The van der Waals surface area contributed by atoms with Gasteiger partial charge in [0, 0.05) is 6.04 Å². The first-order valence-electron chi connectivity index (χ1n) is 7.15. The highest BCUT2D eigenvalue weighted by molar-refractivity contribution is 5.29. The van der Waals surface area contributed by atoms with E-state index in [2.05, 4.69) is 57.3 Å². The van der Waals surface area contributed by atoms with Gasteiger partial charge in [-0.1, -0.05) is 32.9 Å². The zero-order valence-electron chi connectivity index (χ0n) is 12.2. The molecule has 0 radical (unpaired) electrons. The van der Waals surface area contributed by atoms with Gasteiger partial charge in [-0.05, 0) is 49.9 Å². The molecule has 0 amide bonds. The molecule has 102 valence electrons. The van der Waals surface area contributed by atoms with Crippen LogP contribution in [0.4, 0.5) is 0 Å². The Balaban J connectivity index is 2.55. The van der Waals surface area contributed by atoms with Crippen LogP contribution < -0.4 is 10.1 Å². The summed E-state index contributed by atoms with van der Waals surface area (Å²) in [5.74, 6) is 1.50. The van der Waals surface area contributed by atoms with E-state index >= 15 is 0 Å². The highest BCUT2D eigenvalue weighted by atomic mass is 16.5. The molecule has 1 N–H and O–H groups in total. The van der Waals surface area contributed by atoms with Crippen molar-refractivity contribution >= 4 is 0 Å². The molecule has 0 saturated carbocycles. The van der Waals surface area contributed by atoms with Crippen molar-refractivity contribution in [1.29, 1.82) is 0 Å². The minimum Gasteiger partial charge on any atom is -0.494 e. The third-order valence-electron chi connectivity index (χ3n) is 3.35. The summed E-state index contributed by atoms with van der Waals surface area (Å²) in [5.41, 5.74) is 1.37. The maximum Gasteiger partial charge on any atom is 0.119 e. The van der Waals surface area contributed by atoms with Crippen molar-refractivity contribution in [3.8, 4) is 5.75 Å². The van der Waals surface area contributed by atoms with Gasteiger partial charge in [0.1, 0.15) is 5.75 Å². The molecule has 0 spiro atoms. The number of benzene rings is 1. The largest absolute Gasteiger partial charge is 0.494 e. The van der Waals surface area contributed by atoms with Crippen LogP contribution in [0.5, 0.6) is 5.75 Å². The van der Waals surface area contributed by atoms with Crippen molar-refractivity contribution in [2.24, 2.45) is 0 Å². The zero-order chi connectivity index (χ0) is 13.4. The van der Waals surface area contributed by atoms with Crippen molar-refractivity contribution in [1.82, 2.24) is 5.32 Å². The first-order chi connectivity index (χ1) is 8.69. The average molecular weight is 249 g/mol. The van der Waals surface area contributed by atoms with E-state index in [1.807, 2.05) is 0 Å². The molecular weight excluding hydrogens is 222 g/mol. The lowest BCUT2D eigenvalue weighted by Gasteiger charge is -2.21. The normalized spacial score (nSPS) is 14.2. The molecule has 2 nitrogen and oxygen atoms in total. The number of nitrogens with one attached hydrogen (secondary N) is 1. The van der Waals surface area contributed by atoms with Crippen LogP contribution in [-0.2, 0) is 0 Å². The maximum atomic E-state index is 5.60. The standard InChI is InChI=1S/C16H27NO/c1-5-11-17-14(4)13(3)15-7-9-16(10-8-15)18-12-6-2/h7-10,13-14,17H,5-6,11-12H2,1-4H3. The molecule has 0 aliphatic heterocycles. The predicted octanol–water partition coefficient (Wildman–Crippen LogP) is 3.97. The summed E-state index contributed by atoms with van der Waals surface area (Å²) in [7, 11) is 0. The summed E-state index contributed by atoms with van der Waals surface area (Å²) in [6.07, 6.45) is 2.23. The van der Waals surface area contributed by atoms with Gasteiger partial charge >= 0.3 is 0 Å². The summed E-state index contributed by atoms with van der Waals surface area (Å²) in [4.78, 5) is 0. The first kappa shape index (κ1) is 15.0. The monoisotopic (exact) mass is 249 g/mol. The lowest BCUT2D eigenvalue weighted by Crippen LogP contribution is -2.31. The van der Waals surface area contributed by atoms with Gasteiger partial charge in [0.05, 0.1) is 6.61 Å². The second kappa shape index (κ2) is 8.15. The van der Waals surface area contributed by atoms with Gasteiger partial charge in [0.2, 0.25) is 0 Å². The second-order valence-electron chi connectivity index (χ2n) is 4.95. The van der Waals surface area contributed by atoms with E-state index in [-0.39, 0.29) is 0 Å². The van der Waals surface area contributed by atoms with E-state index in [4.69, 9.17) is 4.74 Å². The molecule has 1 aromatic rings. The molecule has 0 bridgehead atoms. The highest BCUT2D eigenvalue weighted by Gasteiger charge is 2.13. The van der Waals surface area contributed by atoms with Crippen molar-refractivity contribution in [3.63, 3.8) is 0 Å². The Morgan fingerprint density at radius 1 is 1.06 bits per heavy atom. The van der Waals surface area contributed by atoms with Gasteiger partial charge in [0.25, 0.3) is 0 Å². The Hall–Kier alpha value is -1.02. The Labute approximate surface area is 112 Å². The molecule has 18 heavy (non-hydrogen) atoms. The fraction of sp³-hybridized carbons (Fsp3) is 0.625. The fourth-order valence-electron chi connectivity index (χ4n) is 1.92. The lowest BCUT2D eigenvalue weighted by atomic mass is 9.94. The Morgan fingerprint density at radius 2 is 1.72 bits per heavy atom. The van der Waals surface area contributed by atoms with Gasteiger partial charge in [0.15, 0.2) is 0 Å². The molecule has 2 atom stereocenters. The first-order valence-corrected chi connectivity index (χ1v) is 7.15. The van der Waals surface area contributed by atoms with E-state index in [0.717, 1.165) is 25.3 Å². The Morgan fingerprint density at radius 3 is 2.28 bits per heavy atom. The molecule has 0 aliphatic carbocycles. The minimum atomic E-state index is 0.507. The summed E-state index contributed by atoms with van der Waals surface area (Å²) in [6.45, 7) is 10.7. The number of hydrogen-bond acceptors (Lipinski definition) is 2. The van der Waals surface area contributed by atoms with E-state index in [9.17, 15) is 0 Å². The molecule has 1 aromatic carbocycles. The Kier molecular flexibility index (Phi) is 6.81. The molecule has 2 unspecified atom stereocenters. The van der Waals surface area contributed by atoms with Crippen molar-refractivity contribution in [2.75, 3.05) is 13.2 Å². The highest BCUT2D eigenvalue weighted by Crippen LogP contribution is 2.22. The van der Waals surface area contributed by atoms with E-state index in [0.29, 0.717) is 12.0 Å². The molecule has 0 heterocycles. The zero-order valence-corrected chi connectivity index (χ0v) is 12.2. The van der Waals surface area contributed by atoms with Crippen LogP contribution in [0, 0.1) is 0 Å². The van der Waals surface area contributed by atoms with Gasteiger partial charge in [-0.2, -0.15) is 0 Å². The van der Waals surface area contributed by atoms with Crippen molar-refractivity contribution in [2.45, 2.75) is 52.5 Å². The topological polar surface area (TPSA) is 21.3 Å². The summed E-state index contributed by atoms with van der Waals surface area (Å²) < 4.78 is 5.60. The summed E-state index contributed by atoms with van der Waals surface area (Å²) in [5, 5.41) is 3.55. The summed E-state index contributed by atoms with van der Waals surface area (Å²) in [6, 6.07) is 9.02. The van der Waals surface area contributed by atoms with Crippen LogP contribution in [0.3, 0.4) is 0 Å². The second-order valence-corrected chi connectivity index (χ2v) is 4.95. The van der Waals surface area contributed by atoms with Gasteiger partial charge in [-0.3, -0.25) is 0 Å². The fourth-order valence-corrected chi connectivity index (χ4v) is 1.92. The Bertz CT molecular complexity index is 320. The smallest absolute Gasteiger partial charge is 0.119 e. The average Bonchev–Trinajstić information content (AvgIpc) is 2.42. The number of ether oxygens (including phenoxy) is 1.